The van der Waals surface area contributed by atoms with E-state index in [0.717, 1.165) is 0 Å². The molecule has 8 heavy (non-hydrogen) atoms. The lowest BCUT2D eigenvalue weighted by molar-refractivity contribution is 0.549. The lowest BCUT2D eigenvalue weighted by Gasteiger charge is -1.87. The molecule has 0 saturated carbocycles. The van der Waals surface area contributed by atoms with Crippen LogP contribution in [0.1, 0.15) is 6.42 Å². The van der Waals surface area contributed by atoms with Gasteiger partial charge in [-0.1, -0.05) is 0 Å². The van der Waals surface area contributed by atoms with Gasteiger partial charge in [0.05, 0.1) is 5.75 Å². The zero-order valence-corrected chi connectivity index (χ0v) is 5.12. The van der Waals surface area contributed by atoms with Crippen molar-refractivity contribution in [2.75, 3.05) is 12.3 Å². The van der Waals surface area contributed by atoms with Crippen molar-refractivity contribution >= 4 is 10.2 Å². The SMILES string of the molecule is NCCCS(=O)(=O)F. The molecule has 0 aliphatic carbocycles. The van der Waals surface area contributed by atoms with Crippen molar-refractivity contribution in [2.24, 2.45) is 5.73 Å². The van der Waals surface area contributed by atoms with Crippen molar-refractivity contribution in [1.82, 2.24) is 0 Å². The molecule has 2 N–H and O–H groups in total. The summed E-state index contributed by atoms with van der Waals surface area (Å²) in [4.78, 5) is 0. The summed E-state index contributed by atoms with van der Waals surface area (Å²) in [5.41, 5.74) is 4.90. The maximum atomic E-state index is 11.5. The molecule has 0 radical (unpaired) electrons. The highest BCUT2D eigenvalue weighted by molar-refractivity contribution is 7.86. The van der Waals surface area contributed by atoms with Crippen LogP contribution in [-0.2, 0) is 10.2 Å². The molecular formula is C3H8FNO2S. The minimum absolute atomic E-state index is 0.193. The van der Waals surface area contributed by atoms with Gasteiger partial charge >= 0.3 is 10.2 Å². The van der Waals surface area contributed by atoms with E-state index in [1.165, 1.54) is 0 Å². The molecule has 0 atom stereocenters. The summed E-state index contributed by atoms with van der Waals surface area (Å²) in [7, 11) is -4.27. The number of halogens is 1. The van der Waals surface area contributed by atoms with Gasteiger partial charge in [-0.25, -0.2) is 0 Å². The zero-order chi connectivity index (χ0) is 6.62. The molecule has 0 saturated heterocycles. The summed E-state index contributed by atoms with van der Waals surface area (Å²) in [6, 6.07) is 0. The molecule has 3 nitrogen and oxygen atoms in total. The molecule has 0 aromatic carbocycles. The number of hydrogen-bond donors (Lipinski definition) is 1. The van der Waals surface area contributed by atoms with E-state index in [2.05, 4.69) is 0 Å². The van der Waals surface area contributed by atoms with E-state index in [-0.39, 0.29) is 13.0 Å². The smallest absolute Gasteiger partial charge is 0.302 e. The predicted molar refractivity (Wildman–Crippen MR) is 28.6 cm³/mol. The first-order chi connectivity index (χ1) is 3.56. The van der Waals surface area contributed by atoms with Crippen LogP contribution in [0.4, 0.5) is 3.89 Å². The van der Waals surface area contributed by atoms with E-state index in [1.54, 1.807) is 0 Å². The Morgan fingerprint density at radius 3 is 2.12 bits per heavy atom. The Morgan fingerprint density at radius 2 is 2.00 bits per heavy atom. The van der Waals surface area contributed by atoms with Gasteiger partial charge in [0.15, 0.2) is 0 Å². The molecule has 0 bridgehead atoms. The highest BCUT2D eigenvalue weighted by atomic mass is 32.3. The van der Waals surface area contributed by atoms with Crippen LogP contribution in [0.3, 0.4) is 0 Å². The van der Waals surface area contributed by atoms with Gasteiger partial charge in [-0.3, -0.25) is 0 Å². The number of hydrogen-bond acceptors (Lipinski definition) is 3. The summed E-state index contributed by atoms with van der Waals surface area (Å²) in [5, 5.41) is 0. The summed E-state index contributed by atoms with van der Waals surface area (Å²) in [5.74, 6) is -0.455. The Hall–Kier alpha value is -0.160. The lowest BCUT2D eigenvalue weighted by Crippen LogP contribution is -2.06. The molecule has 0 heterocycles. The predicted octanol–water partition coefficient (Wildman–Crippen LogP) is -0.365. The fourth-order valence-electron chi connectivity index (χ4n) is 0.256. The molecule has 0 aromatic rings. The molecule has 5 heteroatoms. The molecule has 0 fully saturated rings. The van der Waals surface area contributed by atoms with Gasteiger partial charge in [-0.05, 0) is 13.0 Å². The van der Waals surface area contributed by atoms with Crippen LogP contribution in [0.5, 0.6) is 0 Å². The van der Waals surface area contributed by atoms with E-state index in [9.17, 15) is 12.3 Å². The van der Waals surface area contributed by atoms with Crippen LogP contribution in [0.15, 0.2) is 0 Å². The van der Waals surface area contributed by atoms with Crippen molar-refractivity contribution in [3.8, 4) is 0 Å². The molecule has 0 aliphatic heterocycles. The maximum Gasteiger partial charge on any atom is 0.302 e. The average molecular weight is 141 g/mol. The second kappa shape index (κ2) is 2.99. The monoisotopic (exact) mass is 141 g/mol. The topological polar surface area (TPSA) is 60.2 Å². The highest BCUT2D eigenvalue weighted by Crippen LogP contribution is 1.91. The Kier molecular flexibility index (Phi) is 2.93. The van der Waals surface area contributed by atoms with Crippen molar-refractivity contribution in [3.05, 3.63) is 0 Å². The molecule has 0 amide bonds. The number of rotatable bonds is 3. The second-order valence-corrected chi connectivity index (χ2v) is 2.87. The van der Waals surface area contributed by atoms with Crippen molar-refractivity contribution < 1.29 is 12.3 Å². The number of nitrogens with two attached hydrogens (primary N) is 1. The van der Waals surface area contributed by atoms with Crippen LogP contribution in [0.25, 0.3) is 0 Å². The van der Waals surface area contributed by atoms with Gasteiger partial charge in [0.2, 0.25) is 0 Å². The molecule has 50 valence electrons. The van der Waals surface area contributed by atoms with Crippen molar-refractivity contribution in [3.63, 3.8) is 0 Å². The normalized spacial score (nSPS) is 11.8. The Labute approximate surface area is 47.9 Å². The third-order valence-electron chi connectivity index (χ3n) is 0.592. The first-order valence-corrected chi connectivity index (χ1v) is 3.74. The van der Waals surface area contributed by atoms with Crippen LogP contribution in [0, 0.1) is 0 Å². The lowest BCUT2D eigenvalue weighted by atomic mass is 10.5. The van der Waals surface area contributed by atoms with Crippen LogP contribution < -0.4 is 5.73 Å². The standard InChI is InChI=1S/C3H8FNO2S/c4-8(6,7)3-1-2-5/h1-3,5H2. The molecule has 0 aliphatic rings. The Morgan fingerprint density at radius 1 is 1.50 bits per heavy atom. The van der Waals surface area contributed by atoms with Gasteiger partial charge in [0, 0.05) is 0 Å². The Bertz CT molecular complexity index is 141. The van der Waals surface area contributed by atoms with E-state index in [4.69, 9.17) is 5.73 Å². The van der Waals surface area contributed by atoms with Crippen molar-refractivity contribution in [2.45, 2.75) is 6.42 Å². The highest BCUT2D eigenvalue weighted by Gasteiger charge is 2.03. The largest absolute Gasteiger partial charge is 0.330 e. The molecule has 0 unspecified atom stereocenters. The third-order valence-corrected chi connectivity index (χ3v) is 1.37. The second-order valence-electron chi connectivity index (χ2n) is 1.39. The zero-order valence-electron chi connectivity index (χ0n) is 4.30. The van der Waals surface area contributed by atoms with Crippen LogP contribution in [0.2, 0.25) is 0 Å². The summed E-state index contributed by atoms with van der Waals surface area (Å²) in [6.45, 7) is 0.211. The van der Waals surface area contributed by atoms with Crippen LogP contribution in [-0.4, -0.2) is 20.7 Å². The third kappa shape index (κ3) is 5.84. The summed E-state index contributed by atoms with van der Waals surface area (Å²) < 4.78 is 30.8. The van der Waals surface area contributed by atoms with E-state index < -0.39 is 16.0 Å². The molecule has 0 spiro atoms. The van der Waals surface area contributed by atoms with Gasteiger partial charge in [0.1, 0.15) is 0 Å². The maximum absolute atomic E-state index is 11.5. The quantitative estimate of drug-likeness (QED) is 0.546. The fraction of sp³-hybridized carbons (Fsp3) is 1.00. The average Bonchev–Trinajstić information content (AvgIpc) is 1.59. The summed E-state index contributed by atoms with van der Waals surface area (Å²) >= 11 is 0. The van der Waals surface area contributed by atoms with Crippen molar-refractivity contribution in [1.29, 1.82) is 0 Å². The van der Waals surface area contributed by atoms with Gasteiger partial charge < -0.3 is 5.73 Å². The minimum atomic E-state index is -4.27. The first-order valence-electron chi connectivity index (χ1n) is 2.18. The van der Waals surface area contributed by atoms with Gasteiger partial charge in [-0.2, -0.15) is 8.42 Å². The summed E-state index contributed by atoms with van der Waals surface area (Å²) in [6.07, 6.45) is 0.193. The minimum Gasteiger partial charge on any atom is -0.330 e. The molecular weight excluding hydrogens is 133 g/mol. The van der Waals surface area contributed by atoms with E-state index in [1.807, 2.05) is 0 Å². The van der Waals surface area contributed by atoms with E-state index in [0.29, 0.717) is 0 Å². The fourth-order valence-corrected chi connectivity index (χ4v) is 0.767. The van der Waals surface area contributed by atoms with Crippen LogP contribution >= 0.6 is 0 Å². The molecule has 0 rings (SSSR count). The van der Waals surface area contributed by atoms with Gasteiger partial charge in [0.25, 0.3) is 0 Å². The van der Waals surface area contributed by atoms with E-state index >= 15 is 0 Å². The Balaban J connectivity index is 3.42. The van der Waals surface area contributed by atoms with Gasteiger partial charge in [-0.15, -0.1) is 3.89 Å². The first kappa shape index (κ1) is 7.84. The molecule has 0 aromatic heterocycles.